The molecule has 92 valence electrons. The van der Waals surface area contributed by atoms with Crippen LogP contribution >= 0.6 is 0 Å². The molecule has 2 nitrogen and oxygen atoms in total. The Bertz CT molecular complexity index is 448. The molecule has 2 rings (SSSR count). The van der Waals surface area contributed by atoms with E-state index in [1.54, 1.807) is 0 Å². The summed E-state index contributed by atoms with van der Waals surface area (Å²) in [7, 11) is 0. The van der Waals surface area contributed by atoms with Crippen LogP contribution in [0.25, 0.3) is 0 Å². The van der Waals surface area contributed by atoms with Gasteiger partial charge in [-0.1, -0.05) is 6.07 Å². The second-order valence-corrected chi connectivity index (χ2v) is 5.71. The van der Waals surface area contributed by atoms with Crippen LogP contribution < -0.4 is 4.90 Å². The number of aryl methyl sites for hydroxylation is 2. The van der Waals surface area contributed by atoms with Crippen molar-refractivity contribution in [1.82, 2.24) is 0 Å². The third-order valence-electron chi connectivity index (χ3n) is 3.88. The van der Waals surface area contributed by atoms with E-state index in [2.05, 4.69) is 50.8 Å². The molecule has 1 fully saturated rings. The van der Waals surface area contributed by atoms with Crippen LogP contribution in [0.1, 0.15) is 37.8 Å². The molecule has 0 aliphatic carbocycles. The fourth-order valence-electron chi connectivity index (χ4n) is 2.38. The molecule has 0 unspecified atom stereocenters. The van der Waals surface area contributed by atoms with Gasteiger partial charge in [-0.3, -0.25) is 4.79 Å². The second kappa shape index (κ2) is 4.17. The van der Waals surface area contributed by atoms with Crippen molar-refractivity contribution in [3.63, 3.8) is 0 Å². The maximum absolute atomic E-state index is 11.6. The number of piperidine rings is 1. The van der Waals surface area contributed by atoms with Crippen molar-refractivity contribution in [2.24, 2.45) is 0 Å². The number of rotatable bonds is 1. The van der Waals surface area contributed by atoms with Crippen molar-refractivity contribution in [3.05, 3.63) is 29.3 Å². The van der Waals surface area contributed by atoms with Crippen molar-refractivity contribution in [2.45, 2.75) is 46.1 Å². The molecule has 2 heteroatoms. The lowest BCUT2D eigenvalue weighted by molar-refractivity contribution is -0.119. The molecule has 0 bridgehead atoms. The molecule has 0 amide bonds. The van der Waals surface area contributed by atoms with Gasteiger partial charge >= 0.3 is 0 Å². The van der Waals surface area contributed by atoms with Gasteiger partial charge in [-0.2, -0.15) is 0 Å². The Balaban J connectivity index is 2.36. The zero-order valence-corrected chi connectivity index (χ0v) is 11.2. The predicted octanol–water partition coefficient (Wildman–Crippen LogP) is 3.25. The smallest absolute Gasteiger partial charge is 0.152 e. The molecule has 1 aliphatic heterocycles. The van der Waals surface area contributed by atoms with Crippen LogP contribution in [0, 0.1) is 13.8 Å². The number of Topliss-reactive ketones (excluding diaryl/α,β-unsaturated/α-hetero) is 1. The molecule has 1 aliphatic rings. The first-order valence-corrected chi connectivity index (χ1v) is 6.27. The number of nitrogens with zero attached hydrogens (tertiary/aromatic N) is 1. The van der Waals surface area contributed by atoms with E-state index in [9.17, 15) is 4.79 Å². The van der Waals surface area contributed by atoms with Crippen molar-refractivity contribution in [3.8, 4) is 0 Å². The lowest BCUT2D eigenvalue weighted by Gasteiger charge is -2.43. The van der Waals surface area contributed by atoms with E-state index in [0.29, 0.717) is 18.7 Å². The first-order chi connectivity index (χ1) is 7.90. The quantitative estimate of drug-likeness (QED) is 0.739. The lowest BCUT2D eigenvalue weighted by atomic mass is 9.89. The number of benzene rings is 1. The average Bonchev–Trinajstić information content (AvgIpc) is 2.26. The number of carbonyl (C=O) groups is 1. The maximum atomic E-state index is 11.6. The van der Waals surface area contributed by atoms with E-state index in [1.807, 2.05) is 0 Å². The van der Waals surface area contributed by atoms with Crippen LogP contribution in [0.4, 0.5) is 5.69 Å². The Morgan fingerprint density at radius 1 is 1.18 bits per heavy atom. The first-order valence-electron chi connectivity index (χ1n) is 6.27. The summed E-state index contributed by atoms with van der Waals surface area (Å²) in [5, 5.41) is 0. The Morgan fingerprint density at radius 2 is 1.88 bits per heavy atom. The van der Waals surface area contributed by atoms with E-state index in [-0.39, 0.29) is 5.54 Å². The number of carbonyl (C=O) groups excluding carboxylic acids is 1. The highest BCUT2D eigenvalue weighted by Crippen LogP contribution is 2.32. The Hall–Kier alpha value is -1.31. The molecule has 0 saturated carbocycles. The van der Waals surface area contributed by atoms with Crippen LogP contribution in [-0.4, -0.2) is 17.9 Å². The molecular formula is C15H21NO. The molecule has 0 aromatic heterocycles. The zero-order chi connectivity index (χ0) is 12.6. The average molecular weight is 231 g/mol. The molecule has 0 atom stereocenters. The largest absolute Gasteiger partial charge is 0.359 e. The third kappa shape index (κ3) is 2.36. The second-order valence-electron chi connectivity index (χ2n) is 5.71. The highest BCUT2D eigenvalue weighted by atomic mass is 16.1. The molecule has 0 radical (unpaired) electrons. The monoisotopic (exact) mass is 231 g/mol. The van der Waals surface area contributed by atoms with Gasteiger partial charge in [0.15, 0.2) is 5.78 Å². The topological polar surface area (TPSA) is 20.3 Å². The Kier molecular flexibility index (Phi) is 2.98. The van der Waals surface area contributed by atoms with E-state index < -0.39 is 0 Å². The van der Waals surface area contributed by atoms with Crippen molar-refractivity contribution in [1.29, 1.82) is 0 Å². The van der Waals surface area contributed by atoms with Gasteiger partial charge in [0.25, 0.3) is 0 Å². The number of hydrogen-bond donors (Lipinski definition) is 0. The summed E-state index contributed by atoms with van der Waals surface area (Å²) in [6.07, 6.45) is 1.66. The van der Waals surface area contributed by atoms with Gasteiger partial charge in [-0.25, -0.2) is 0 Å². The first kappa shape index (κ1) is 12.2. The van der Waals surface area contributed by atoms with Crippen LogP contribution in [0.2, 0.25) is 0 Å². The fraction of sp³-hybridized carbons (Fsp3) is 0.533. The third-order valence-corrected chi connectivity index (χ3v) is 3.88. The standard InChI is InChI=1S/C15H21NO/c1-11-5-6-13(9-12(11)2)16-10-14(17)7-8-15(16,3)4/h5-6,9H,7-8,10H2,1-4H3. The van der Waals surface area contributed by atoms with Gasteiger partial charge in [0.1, 0.15) is 0 Å². The van der Waals surface area contributed by atoms with Gasteiger partial charge in [0, 0.05) is 17.6 Å². The molecule has 1 aromatic rings. The summed E-state index contributed by atoms with van der Waals surface area (Å²) < 4.78 is 0. The van der Waals surface area contributed by atoms with Crippen LogP contribution in [0.3, 0.4) is 0 Å². The molecule has 1 heterocycles. The van der Waals surface area contributed by atoms with E-state index in [1.165, 1.54) is 16.8 Å². The Labute approximate surface area is 104 Å². The minimum absolute atomic E-state index is 0.0790. The molecule has 0 spiro atoms. The summed E-state index contributed by atoms with van der Waals surface area (Å²) in [4.78, 5) is 13.9. The minimum atomic E-state index is 0.0790. The van der Waals surface area contributed by atoms with Crippen molar-refractivity contribution >= 4 is 11.5 Å². The lowest BCUT2D eigenvalue weighted by Crippen LogP contribution is -2.51. The Morgan fingerprint density at radius 3 is 2.53 bits per heavy atom. The predicted molar refractivity (Wildman–Crippen MR) is 71.6 cm³/mol. The summed E-state index contributed by atoms with van der Waals surface area (Å²) in [5.41, 5.74) is 3.84. The maximum Gasteiger partial charge on any atom is 0.152 e. The van der Waals surface area contributed by atoms with Gasteiger partial charge < -0.3 is 4.90 Å². The van der Waals surface area contributed by atoms with E-state index in [4.69, 9.17) is 0 Å². The summed E-state index contributed by atoms with van der Waals surface area (Å²) >= 11 is 0. The van der Waals surface area contributed by atoms with E-state index >= 15 is 0 Å². The molecule has 17 heavy (non-hydrogen) atoms. The fourth-order valence-corrected chi connectivity index (χ4v) is 2.38. The summed E-state index contributed by atoms with van der Waals surface area (Å²) in [6, 6.07) is 6.46. The molecule has 0 N–H and O–H groups in total. The molecular weight excluding hydrogens is 210 g/mol. The summed E-state index contributed by atoms with van der Waals surface area (Å²) in [5.74, 6) is 0.350. The minimum Gasteiger partial charge on any atom is -0.359 e. The van der Waals surface area contributed by atoms with Crippen LogP contribution in [0.15, 0.2) is 18.2 Å². The van der Waals surface area contributed by atoms with Crippen molar-refractivity contribution in [2.75, 3.05) is 11.4 Å². The van der Waals surface area contributed by atoms with E-state index in [0.717, 1.165) is 6.42 Å². The number of anilines is 1. The zero-order valence-electron chi connectivity index (χ0n) is 11.2. The van der Waals surface area contributed by atoms with Crippen LogP contribution in [-0.2, 0) is 4.79 Å². The van der Waals surface area contributed by atoms with Crippen molar-refractivity contribution < 1.29 is 4.79 Å². The SMILES string of the molecule is Cc1ccc(N2CC(=O)CCC2(C)C)cc1C. The number of ketones is 1. The van der Waals surface area contributed by atoms with Gasteiger partial charge in [-0.15, -0.1) is 0 Å². The van der Waals surface area contributed by atoms with Gasteiger partial charge in [-0.05, 0) is 57.4 Å². The molecule has 1 aromatic carbocycles. The van der Waals surface area contributed by atoms with Crippen LogP contribution in [0.5, 0.6) is 0 Å². The van der Waals surface area contributed by atoms with Gasteiger partial charge in [0.2, 0.25) is 0 Å². The summed E-state index contributed by atoms with van der Waals surface area (Å²) in [6.45, 7) is 9.22. The number of hydrogen-bond acceptors (Lipinski definition) is 2. The highest BCUT2D eigenvalue weighted by Gasteiger charge is 2.33. The molecule has 1 saturated heterocycles. The highest BCUT2D eigenvalue weighted by molar-refractivity contribution is 5.85. The van der Waals surface area contributed by atoms with Gasteiger partial charge in [0.05, 0.1) is 6.54 Å². The normalized spacial score (nSPS) is 19.5.